The second-order valence-electron chi connectivity index (χ2n) is 6.66. The van der Waals surface area contributed by atoms with Crippen molar-refractivity contribution in [1.82, 2.24) is 0 Å². The van der Waals surface area contributed by atoms with Crippen LogP contribution in [0.1, 0.15) is 72.1 Å². The van der Waals surface area contributed by atoms with Gasteiger partial charge in [0.1, 0.15) is 0 Å². The summed E-state index contributed by atoms with van der Waals surface area (Å²) >= 11 is 0. The first-order valence-corrected chi connectivity index (χ1v) is 10.3. The van der Waals surface area contributed by atoms with E-state index in [1.54, 1.807) is 12.4 Å². The highest BCUT2D eigenvalue weighted by Gasteiger charge is 2.43. The van der Waals surface area contributed by atoms with E-state index in [1.807, 2.05) is 26.8 Å². The molecule has 0 fully saturated rings. The molecular weight excluding hydrogens is 378 g/mol. The maximum Gasteiger partial charge on any atom is 0.339 e. The van der Waals surface area contributed by atoms with E-state index in [9.17, 15) is 19.5 Å². The van der Waals surface area contributed by atoms with Crippen LogP contribution in [0.3, 0.4) is 0 Å². The highest BCUT2D eigenvalue weighted by atomic mass is 16.6. The predicted molar refractivity (Wildman–Crippen MR) is 109 cm³/mol. The van der Waals surface area contributed by atoms with Crippen LogP contribution in [0.25, 0.3) is 0 Å². The van der Waals surface area contributed by atoms with Gasteiger partial charge in [0.15, 0.2) is 5.60 Å². The van der Waals surface area contributed by atoms with Crippen LogP contribution >= 0.6 is 0 Å². The van der Waals surface area contributed by atoms with Gasteiger partial charge in [-0.1, -0.05) is 40.0 Å². The van der Waals surface area contributed by atoms with Crippen molar-refractivity contribution in [2.24, 2.45) is 4.99 Å². The van der Waals surface area contributed by atoms with E-state index >= 15 is 0 Å². The predicted octanol–water partition coefficient (Wildman–Crippen LogP) is 3.11. The van der Waals surface area contributed by atoms with E-state index in [0.717, 1.165) is 19.3 Å². The maximum atomic E-state index is 12.2. The number of nitrogens with zero attached hydrogens (tertiary/aromatic N) is 1. The largest absolute Gasteiger partial charge is 0.466 e. The van der Waals surface area contributed by atoms with Gasteiger partial charge in [0, 0.05) is 12.4 Å². The number of ether oxygens (including phenoxy) is 3. The maximum absolute atomic E-state index is 12.2. The highest BCUT2D eigenvalue weighted by Crippen LogP contribution is 2.20. The summed E-state index contributed by atoms with van der Waals surface area (Å²) in [4.78, 5) is 39.5. The fourth-order valence-corrected chi connectivity index (χ4v) is 1.98. The van der Waals surface area contributed by atoms with Crippen LogP contribution in [0.15, 0.2) is 17.3 Å². The number of allylic oxidation sites excluding steroid dienone is 1. The molecule has 0 aromatic heterocycles. The number of unbranched alkanes of at least 4 members (excludes halogenated alkanes) is 3. The van der Waals surface area contributed by atoms with Gasteiger partial charge in [-0.05, 0) is 25.3 Å². The molecule has 0 aromatic carbocycles. The zero-order valence-corrected chi connectivity index (χ0v) is 17.9. The molecule has 166 valence electrons. The summed E-state index contributed by atoms with van der Waals surface area (Å²) in [6.45, 7) is 6.35. The van der Waals surface area contributed by atoms with Crippen molar-refractivity contribution in [3.05, 3.63) is 12.3 Å². The molecule has 1 rings (SSSR count). The van der Waals surface area contributed by atoms with Crippen LogP contribution in [0.5, 0.6) is 0 Å². The lowest BCUT2D eigenvalue weighted by Gasteiger charge is -2.24. The average molecular weight is 414 g/mol. The lowest BCUT2D eigenvalue weighted by Crippen LogP contribution is -2.45. The number of rotatable bonds is 14. The quantitative estimate of drug-likeness (QED) is 0.264. The van der Waals surface area contributed by atoms with Crippen LogP contribution in [-0.2, 0) is 28.6 Å². The second-order valence-corrected chi connectivity index (χ2v) is 6.66. The number of aliphatic imine (C=N–C) groups is 1. The minimum atomic E-state index is -2.26. The molecule has 0 saturated carbocycles. The molecular formula is C21H35NO7. The molecule has 0 aliphatic carbocycles. The number of aliphatic hydroxyl groups is 1. The van der Waals surface area contributed by atoms with Crippen molar-refractivity contribution in [2.45, 2.75) is 77.7 Å². The van der Waals surface area contributed by atoms with Crippen molar-refractivity contribution in [1.29, 1.82) is 0 Å². The SMILES string of the molecule is C1=CN=C1.CCCCOC(=O)CC(O)(CC(=O)OCCCC)C(=O)OCCCC. The van der Waals surface area contributed by atoms with Crippen molar-refractivity contribution in [3.8, 4) is 0 Å². The van der Waals surface area contributed by atoms with Gasteiger partial charge in [-0.3, -0.25) is 14.6 Å². The minimum Gasteiger partial charge on any atom is -0.466 e. The summed E-state index contributed by atoms with van der Waals surface area (Å²) in [7, 11) is 0. The van der Waals surface area contributed by atoms with Crippen molar-refractivity contribution >= 4 is 24.1 Å². The van der Waals surface area contributed by atoms with Gasteiger partial charge in [-0.25, -0.2) is 4.79 Å². The fourth-order valence-electron chi connectivity index (χ4n) is 1.98. The number of carbonyl (C=O) groups is 3. The molecule has 0 unspecified atom stereocenters. The van der Waals surface area contributed by atoms with E-state index < -0.39 is 36.4 Å². The van der Waals surface area contributed by atoms with E-state index in [2.05, 4.69) is 4.99 Å². The van der Waals surface area contributed by atoms with Crippen LogP contribution in [0.4, 0.5) is 0 Å². The molecule has 29 heavy (non-hydrogen) atoms. The molecule has 0 aromatic rings. The van der Waals surface area contributed by atoms with Crippen LogP contribution in [0.2, 0.25) is 0 Å². The van der Waals surface area contributed by atoms with Gasteiger partial charge >= 0.3 is 17.9 Å². The summed E-state index contributed by atoms with van der Waals surface area (Å²) in [6, 6.07) is 0. The number of hydrogen-bond donors (Lipinski definition) is 1. The van der Waals surface area contributed by atoms with Gasteiger partial charge in [0.05, 0.1) is 32.7 Å². The molecule has 0 bridgehead atoms. The second kappa shape index (κ2) is 16.7. The monoisotopic (exact) mass is 413 g/mol. The zero-order valence-electron chi connectivity index (χ0n) is 17.9. The molecule has 0 atom stereocenters. The lowest BCUT2D eigenvalue weighted by molar-refractivity contribution is -0.178. The van der Waals surface area contributed by atoms with Crippen molar-refractivity contribution in [2.75, 3.05) is 19.8 Å². The molecule has 0 radical (unpaired) electrons. The number of hydrogen-bond acceptors (Lipinski definition) is 8. The summed E-state index contributed by atoms with van der Waals surface area (Å²) in [6.07, 6.45) is 8.62. The van der Waals surface area contributed by atoms with Gasteiger partial charge in [-0.15, -0.1) is 0 Å². The first kappa shape index (κ1) is 26.8. The van der Waals surface area contributed by atoms with E-state index in [-0.39, 0.29) is 19.8 Å². The molecule has 1 aliphatic heterocycles. The third-order valence-electron chi connectivity index (χ3n) is 3.85. The molecule has 1 heterocycles. The Balaban J connectivity index is 0.00000172. The first-order valence-electron chi connectivity index (χ1n) is 10.3. The Morgan fingerprint density at radius 3 is 1.48 bits per heavy atom. The Hall–Kier alpha value is -2.22. The van der Waals surface area contributed by atoms with E-state index in [0.29, 0.717) is 19.3 Å². The fraction of sp³-hybridized carbons (Fsp3) is 0.714. The van der Waals surface area contributed by atoms with Gasteiger partial charge < -0.3 is 19.3 Å². The summed E-state index contributed by atoms with van der Waals surface area (Å²) < 4.78 is 14.9. The highest BCUT2D eigenvalue weighted by molar-refractivity contribution is 5.90. The number of esters is 3. The summed E-state index contributed by atoms with van der Waals surface area (Å²) in [5.41, 5.74) is -2.26. The zero-order chi connectivity index (χ0) is 22.0. The standard InChI is InChI=1S/C18H32O7.C3H3N/c1-4-7-10-23-15(19)13-18(22,17(21)25-12-9-6-3)14-16(20)24-11-8-5-2;1-2-4-3-1/h22H,4-14H2,1-3H3;1-3H. The summed E-state index contributed by atoms with van der Waals surface area (Å²) in [5, 5.41) is 10.6. The molecule has 8 heteroatoms. The minimum absolute atomic E-state index is 0.118. The van der Waals surface area contributed by atoms with Gasteiger partial charge in [0.25, 0.3) is 0 Å². The Labute approximate surface area is 173 Å². The third kappa shape index (κ3) is 13.6. The van der Waals surface area contributed by atoms with Crippen molar-refractivity contribution in [3.63, 3.8) is 0 Å². The summed E-state index contributed by atoms with van der Waals surface area (Å²) in [5.74, 6) is -2.49. The van der Waals surface area contributed by atoms with Crippen LogP contribution in [-0.4, -0.2) is 54.7 Å². The number of carbonyl (C=O) groups excluding carboxylic acids is 3. The van der Waals surface area contributed by atoms with Crippen molar-refractivity contribution < 1.29 is 33.7 Å². The Kier molecular flexibility index (Phi) is 15.4. The average Bonchev–Trinajstić information content (AvgIpc) is 2.60. The van der Waals surface area contributed by atoms with Gasteiger partial charge in [-0.2, -0.15) is 0 Å². The lowest BCUT2D eigenvalue weighted by atomic mass is 9.95. The topological polar surface area (TPSA) is 111 Å². The Morgan fingerprint density at radius 2 is 1.17 bits per heavy atom. The third-order valence-corrected chi connectivity index (χ3v) is 3.85. The smallest absolute Gasteiger partial charge is 0.339 e. The molecule has 8 nitrogen and oxygen atoms in total. The van der Waals surface area contributed by atoms with Crippen LogP contribution < -0.4 is 0 Å². The normalized spacial score (nSPS) is 11.7. The molecule has 0 saturated heterocycles. The van der Waals surface area contributed by atoms with E-state index in [4.69, 9.17) is 14.2 Å². The van der Waals surface area contributed by atoms with Gasteiger partial charge in [0.2, 0.25) is 0 Å². The Bertz CT molecular complexity index is 501. The molecule has 0 spiro atoms. The molecule has 1 aliphatic rings. The Morgan fingerprint density at radius 1 is 0.828 bits per heavy atom. The van der Waals surface area contributed by atoms with Crippen LogP contribution in [0, 0.1) is 0 Å². The first-order chi connectivity index (χ1) is 13.9. The molecule has 0 amide bonds. The molecule has 1 N–H and O–H groups in total. The van der Waals surface area contributed by atoms with E-state index in [1.165, 1.54) is 0 Å².